The molecular formula is C30H25FN4O4S. The van der Waals surface area contributed by atoms with Crippen molar-refractivity contribution in [3.8, 4) is 27.8 Å². The maximum Gasteiger partial charge on any atom is 0.234 e. The van der Waals surface area contributed by atoms with Crippen LogP contribution in [-0.4, -0.2) is 39.4 Å². The van der Waals surface area contributed by atoms with Gasteiger partial charge in [-0.25, -0.2) is 9.37 Å². The molecule has 6 rings (SSSR count). The quantitative estimate of drug-likeness (QED) is 0.217. The number of carbonyl (C=O) groups excluding carboxylic acids is 2. The molecule has 202 valence electrons. The van der Waals surface area contributed by atoms with Crippen LogP contribution >= 0.6 is 11.3 Å². The number of anilines is 1. The predicted octanol–water partition coefficient (Wildman–Crippen LogP) is 6.04. The fourth-order valence-electron chi connectivity index (χ4n) is 4.62. The van der Waals surface area contributed by atoms with Crippen LogP contribution in [0.4, 0.5) is 10.1 Å². The van der Waals surface area contributed by atoms with Crippen molar-refractivity contribution in [2.24, 2.45) is 0 Å². The Balaban J connectivity index is 1.14. The zero-order valence-electron chi connectivity index (χ0n) is 21.7. The Bertz CT molecular complexity index is 1730. The van der Waals surface area contributed by atoms with E-state index in [4.69, 9.17) is 9.47 Å². The van der Waals surface area contributed by atoms with Gasteiger partial charge >= 0.3 is 0 Å². The lowest BCUT2D eigenvalue weighted by atomic mass is 10.1. The number of para-hydroxylation sites is 2. The predicted molar refractivity (Wildman–Crippen MR) is 151 cm³/mol. The second-order valence-electron chi connectivity index (χ2n) is 9.34. The number of carbonyl (C=O) groups is 2. The van der Waals surface area contributed by atoms with Crippen LogP contribution in [0.5, 0.6) is 17.2 Å². The lowest BCUT2D eigenvalue weighted by Crippen LogP contribution is -2.39. The Labute approximate surface area is 233 Å². The van der Waals surface area contributed by atoms with Crippen LogP contribution in [0.1, 0.15) is 18.9 Å². The minimum Gasteiger partial charge on any atom is -0.490 e. The van der Waals surface area contributed by atoms with Crippen LogP contribution in [0, 0.1) is 5.82 Å². The Morgan fingerprint density at radius 1 is 1.10 bits per heavy atom. The third kappa shape index (κ3) is 5.17. The molecule has 4 heterocycles. The number of hydrogen-bond acceptors (Lipinski definition) is 7. The van der Waals surface area contributed by atoms with E-state index in [0.29, 0.717) is 35.9 Å². The monoisotopic (exact) mass is 556 g/mol. The van der Waals surface area contributed by atoms with Gasteiger partial charge in [-0.2, -0.15) is 0 Å². The highest BCUT2D eigenvalue weighted by Crippen LogP contribution is 2.39. The number of ether oxygens (including phenoxy) is 2. The summed E-state index contributed by atoms with van der Waals surface area (Å²) in [6.45, 7) is 3.61. The molecule has 0 spiro atoms. The molecule has 10 heteroatoms. The fourth-order valence-corrected chi connectivity index (χ4v) is 5.65. The average molecular weight is 557 g/mol. The minimum atomic E-state index is -0.595. The van der Waals surface area contributed by atoms with E-state index in [0.717, 1.165) is 27.3 Å². The molecule has 0 bridgehead atoms. The van der Waals surface area contributed by atoms with Crippen molar-refractivity contribution in [3.05, 3.63) is 84.7 Å². The summed E-state index contributed by atoms with van der Waals surface area (Å²) in [5.41, 5.74) is 2.69. The summed E-state index contributed by atoms with van der Waals surface area (Å²) in [7, 11) is 0. The van der Waals surface area contributed by atoms with Crippen molar-refractivity contribution in [1.29, 1.82) is 0 Å². The van der Waals surface area contributed by atoms with Gasteiger partial charge in [0.1, 0.15) is 23.9 Å². The van der Waals surface area contributed by atoms with Gasteiger partial charge in [-0.05, 0) is 42.8 Å². The van der Waals surface area contributed by atoms with Gasteiger partial charge in [0.2, 0.25) is 5.91 Å². The maximum atomic E-state index is 15.1. The number of aromatic nitrogens is 3. The second-order valence-corrected chi connectivity index (χ2v) is 10.4. The molecule has 0 aliphatic carbocycles. The number of fused-ring (bicyclic) bond motifs is 2. The molecule has 2 aromatic carbocycles. The topological polar surface area (TPSA) is 86.5 Å². The summed E-state index contributed by atoms with van der Waals surface area (Å²) in [5.74, 6) is -0.0637. The van der Waals surface area contributed by atoms with Crippen molar-refractivity contribution in [1.82, 2.24) is 14.5 Å². The first-order valence-electron chi connectivity index (χ1n) is 12.9. The summed E-state index contributed by atoms with van der Waals surface area (Å²) in [5, 5.41) is 0. The first-order chi connectivity index (χ1) is 19.5. The van der Waals surface area contributed by atoms with Crippen LogP contribution in [0.2, 0.25) is 0 Å². The molecule has 0 unspecified atom stereocenters. The first-order valence-corrected chi connectivity index (χ1v) is 13.7. The molecule has 0 saturated carbocycles. The smallest absolute Gasteiger partial charge is 0.234 e. The average Bonchev–Trinajstić information content (AvgIpc) is 3.62. The number of ketones is 1. The highest BCUT2D eigenvalue weighted by Gasteiger charge is 2.25. The third-order valence-electron chi connectivity index (χ3n) is 6.62. The molecular weight excluding hydrogens is 531 g/mol. The van der Waals surface area contributed by atoms with Crippen LogP contribution in [0.3, 0.4) is 0 Å². The van der Waals surface area contributed by atoms with Gasteiger partial charge < -0.3 is 18.9 Å². The number of benzene rings is 2. The van der Waals surface area contributed by atoms with E-state index in [1.807, 2.05) is 35.9 Å². The standard InChI is InChI=1S/C30H25FN4O4S/c1-2-34-17-23(33-18-34)28-16-22-30(40-28)27(9-10-32-22)39-25-8-7-19(14-21(25)31)13-20(36)15-29(37)35-11-12-38-26-6-4-3-5-24(26)35/h3-10,14,16-18H,2,11-13,15H2,1H3. The van der Waals surface area contributed by atoms with Crippen LogP contribution in [0.15, 0.2) is 73.3 Å². The molecule has 1 aliphatic rings. The number of pyridine rings is 1. The fraction of sp³-hybridized carbons (Fsp3) is 0.200. The van der Waals surface area contributed by atoms with Crippen molar-refractivity contribution >= 4 is 38.9 Å². The van der Waals surface area contributed by atoms with Gasteiger partial charge in [0, 0.05) is 31.4 Å². The second kappa shape index (κ2) is 10.9. The van der Waals surface area contributed by atoms with Crippen LogP contribution in [-0.2, 0) is 22.6 Å². The number of imidazole rings is 1. The van der Waals surface area contributed by atoms with Crippen LogP contribution < -0.4 is 14.4 Å². The van der Waals surface area contributed by atoms with Crippen LogP contribution in [0.25, 0.3) is 20.8 Å². The van der Waals surface area contributed by atoms with E-state index in [-0.39, 0.29) is 30.3 Å². The number of aryl methyl sites for hydroxylation is 1. The molecule has 1 amide bonds. The van der Waals surface area contributed by atoms with Crippen molar-refractivity contribution in [2.75, 3.05) is 18.1 Å². The summed E-state index contributed by atoms with van der Waals surface area (Å²) in [6.07, 6.45) is 5.03. The SMILES string of the molecule is CCn1cnc(-c2cc3nccc(Oc4ccc(CC(=O)CC(=O)N5CCOc6ccccc65)cc4F)c3s2)c1. The number of nitrogens with zero attached hydrogens (tertiary/aromatic N) is 4. The zero-order chi connectivity index (χ0) is 27.6. The van der Waals surface area contributed by atoms with Gasteiger partial charge in [-0.15, -0.1) is 11.3 Å². The van der Waals surface area contributed by atoms with Crippen molar-refractivity contribution in [2.45, 2.75) is 26.3 Å². The molecule has 0 fully saturated rings. The van der Waals surface area contributed by atoms with E-state index < -0.39 is 5.82 Å². The number of thiophene rings is 1. The van der Waals surface area contributed by atoms with E-state index in [9.17, 15) is 9.59 Å². The van der Waals surface area contributed by atoms with Gasteiger partial charge in [0.05, 0.1) is 45.8 Å². The molecule has 0 atom stereocenters. The number of rotatable bonds is 8. The molecule has 5 aromatic rings. The molecule has 3 aromatic heterocycles. The van der Waals surface area contributed by atoms with Crippen molar-refractivity contribution < 1.29 is 23.5 Å². The van der Waals surface area contributed by atoms with Crippen molar-refractivity contribution in [3.63, 3.8) is 0 Å². The van der Waals surface area contributed by atoms with Gasteiger partial charge in [0.15, 0.2) is 11.6 Å². The number of hydrogen-bond donors (Lipinski definition) is 0. The van der Waals surface area contributed by atoms with E-state index >= 15 is 4.39 Å². The molecule has 0 saturated heterocycles. The molecule has 8 nitrogen and oxygen atoms in total. The Morgan fingerprint density at radius 3 is 2.80 bits per heavy atom. The highest BCUT2D eigenvalue weighted by molar-refractivity contribution is 7.22. The number of Topliss-reactive ketones (excluding diaryl/α,β-unsaturated/α-hetero) is 1. The van der Waals surface area contributed by atoms with E-state index in [1.165, 1.54) is 23.5 Å². The summed E-state index contributed by atoms with van der Waals surface area (Å²) in [6, 6.07) is 15.3. The molecule has 0 radical (unpaired) electrons. The highest BCUT2D eigenvalue weighted by atomic mass is 32.1. The lowest BCUT2D eigenvalue weighted by molar-refractivity contribution is -0.126. The Hall–Kier alpha value is -4.57. The van der Waals surface area contributed by atoms with Gasteiger partial charge in [-0.1, -0.05) is 18.2 Å². The molecule has 1 aliphatic heterocycles. The number of amides is 1. The lowest BCUT2D eigenvalue weighted by Gasteiger charge is -2.29. The Morgan fingerprint density at radius 2 is 1.98 bits per heavy atom. The molecule has 0 N–H and O–H groups in total. The van der Waals surface area contributed by atoms with Gasteiger partial charge in [-0.3, -0.25) is 14.6 Å². The first kappa shape index (κ1) is 25.7. The molecule has 40 heavy (non-hydrogen) atoms. The van der Waals surface area contributed by atoms with Gasteiger partial charge in [0.25, 0.3) is 0 Å². The van der Waals surface area contributed by atoms with E-state index in [2.05, 4.69) is 9.97 Å². The normalized spacial score (nSPS) is 12.7. The third-order valence-corrected chi connectivity index (χ3v) is 7.78. The minimum absolute atomic E-state index is 0.0370. The number of halogens is 1. The zero-order valence-corrected chi connectivity index (χ0v) is 22.5. The largest absolute Gasteiger partial charge is 0.490 e. The summed E-state index contributed by atoms with van der Waals surface area (Å²) >= 11 is 1.48. The Kier molecular flexibility index (Phi) is 7.00. The van der Waals surface area contributed by atoms with E-state index in [1.54, 1.807) is 41.7 Å². The maximum absolute atomic E-state index is 15.1. The summed E-state index contributed by atoms with van der Waals surface area (Å²) < 4.78 is 29.4. The summed E-state index contributed by atoms with van der Waals surface area (Å²) in [4.78, 5) is 36.9.